The molecule has 1 aromatic rings. The van der Waals surface area contributed by atoms with Crippen LogP contribution in [0.15, 0.2) is 22.7 Å². The van der Waals surface area contributed by atoms with E-state index in [-0.39, 0.29) is 5.60 Å². The minimum absolute atomic E-state index is 0.181. The summed E-state index contributed by atoms with van der Waals surface area (Å²) in [6.07, 6.45) is 1.14. The average molecular weight is 314 g/mol. The SMILES string of the molecule is CCCNC(C)c1ccc(Br)cc1OC(C)(C)C. The van der Waals surface area contributed by atoms with Crippen molar-refractivity contribution in [2.24, 2.45) is 0 Å². The summed E-state index contributed by atoms with van der Waals surface area (Å²) < 4.78 is 7.09. The van der Waals surface area contributed by atoms with E-state index in [0.29, 0.717) is 6.04 Å². The van der Waals surface area contributed by atoms with Gasteiger partial charge in [0.05, 0.1) is 0 Å². The van der Waals surface area contributed by atoms with Crippen LogP contribution in [0.25, 0.3) is 0 Å². The highest BCUT2D eigenvalue weighted by Gasteiger charge is 2.17. The largest absolute Gasteiger partial charge is 0.488 e. The maximum atomic E-state index is 6.04. The molecule has 102 valence electrons. The molecule has 0 aliphatic heterocycles. The van der Waals surface area contributed by atoms with Crippen molar-refractivity contribution in [2.75, 3.05) is 6.54 Å². The quantitative estimate of drug-likeness (QED) is 0.851. The van der Waals surface area contributed by atoms with E-state index in [4.69, 9.17) is 4.74 Å². The molecule has 1 aromatic carbocycles. The van der Waals surface area contributed by atoms with Crippen molar-refractivity contribution in [3.05, 3.63) is 28.2 Å². The highest BCUT2D eigenvalue weighted by atomic mass is 79.9. The Hall–Kier alpha value is -0.540. The summed E-state index contributed by atoms with van der Waals surface area (Å²) in [4.78, 5) is 0. The maximum absolute atomic E-state index is 6.04. The van der Waals surface area contributed by atoms with Crippen LogP contribution in [-0.4, -0.2) is 12.1 Å². The molecule has 2 nitrogen and oxygen atoms in total. The molecule has 0 bridgehead atoms. The van der Waals surface area contributed by atoms with Gasteiger partial charge in [0.25, 0.3) is 0 Å². The lowest BCUT2D eigenvalue weighted by molar-refractivity contribution is 0.128. The van der Waals surface area contributed by atoms with Crippen LogP contribution in [0.4, 0.5) is 0 Å². The molecular weight excluding hydrogens is 290 g/mol. The molecule has 0 aromatic heterocycles. The maximum Gasteiger partial charge on any atom is 0.125 e. The van der Waals surface area contributed by atoms with E-state index in [1.807, 2.05) is 6.07 Å². The molecule has 3 heteroatoms. The molecule has 0 radical (unpaired) electrons. The summed E-state index contributed by atoms with van der Waals surface area (Å²) in [6, 6.07) is 6.54. The fourth-order valence-electron chi connectivity index (χ4n) is 1.75. The van der Waals surface area contributed by atoms with Gasteiger partial charge >= 0.3 is 0 Å². The van der Waals surface area contributed by atoms with Gasteiger partial charge < -0.3 is 10.1 Å². The molecule has 0 saturated carbocycles. The van der Waals surface area contributed by atoms with Gasteiger partial charge in [-0.05, 0) is 52.8 Å². The van der Waals surface area contributed by atoms with Crippen molar-refractivity contribution in [2.45, 2.75) is 52.7 Å². The van der Waals surface area contributed by atoms with Crippen LogP contribution in [0.2, 0.25) is 0 Å². The number of hydrogen-bond acceptors (Lipinski definition) is 2. The second-order valence-electron chi connectivity index (χ2n) is 5.57. The van der Waals surface area contributed by atoms with Crippen molar-refractivity contribution in [1.82, 2.24) is 5.32 Å². The standard InChI is InChI=1S/C15H24BrNO/c1-6-9-17-11(2)13-8-7-12(16)10-14(13)18-15(3,4)5/h7-8,10-11,17H,6,9H2,1-5H3. The molecule has 18 heavy (non-hydrogen) atoms. The van der Waals surface area contributed by atoms with Crippen LogP contribution in [0, 0.1) is 0 Å². The number of nitrogens with one attached hydrogen (secondary N) is 1. The molecule has 1 atom stereocenters. The zero-order valence-corrected chi connectivity index (χ0v) is 13.6. The van der Waals surface area contributed by atoms with Crippen LogP contribution in [-0.2, 0) is 0 Å². The molecule has 0 spiro atoms. The van der Waals surface area contributed by atoms with Crippen molar-refractivity contribution < 1.29 is 4.74 Å². The van der Waals surface area contributed by atoms with E-state index in [1.165, 1.54) is 5.56 Å². The van der Waals surface area contributed by atoms with Crippen molar-refractivity contribution in [3.63, 3.8) is 0 Å². The first kappa shape index (κ1) is 15.5. The third kappa shape index (κ3) is 4.99. The first-order valence-electron chi connectivity index (χ1n) is 6.55. The van der Waals surface area contributed by atoms with E-state index in [0.717, 1.165) is 23.2 Å². The Morgan fingerprint density at radius 3 is 2.56 bits per heavy atom. The van der Waals surface area contributed by atoms with Gasteiger partial charge in [-0.15, -0.1) is 0 Å². The zero-order valence-electron chi connectivity index (χ0n) is 12.0. The molecule has 0 heterocycles. The molecule has 0 amide bonds. The highest BCUT2D eigenvalue weighted by Crippen LogP contribution is 2.31. The van der Waals surface area contributed by atoms with Crippen LogP contribution in [0.3, 0.4) is 0 Å². The Morgan fingerprint density at radius 2 is 2.00 bits per heavy atom. The van der Waals surface area contributed by atoms with Crippen LogP contribution in [0.5, 0.6) is 5.75 Å². The Labute approximate surface area is 119 Å². The fraction of sp³-hybridized carbons (Fsp3) is 0.600. The lowest BCUT2D eigenvalue weighted by atomic mass is 10.1. The molecular formula is C15H24BrNO. The van der Waals surface area contributed by atoms with Crippen molar-refractivity contribution in [3.8, 4) is 5.75 Å². The van der Waals surface area contributed by atoms with Crippen molar-refractivity contribution in [1.29, 1.82) is 0 Å². The lowest BCUT2D eigenvalue weighted by Crippen LogP contribution is -2.25. The number of ether oxygens (including phenoxy) is 1. The molecule has 0 fully saturated rings. The third-order valence-corrected chi connectivity index (χ3v) is 3.05. The monoisotopic (exact) mass is 313 g/mol. The normalized spacial score (nSPS) is 13.4. The summed E-state index contributed by atoms with van der Waals surface area (Å²) >= 11 is 3.51. The van der Waals surface area contributed by atoms with E-state index >= 15 is 0 Å². The fourth-order valence-corrected chi connectivity index (χ4v) is 2.10. The predicted octanol–water partition coefficient (Wildman–Crippen LogP) is 4.69. The van der Waals surface area contributed by atoms with Gasteiger partial charge in [0, 0.05) is 16.1 Å². The summed E-state index contributed by atoms with van der Waals surface area (Å²) in [5.41, 5.74) is 1.03. The van der Waals surface area contributed by atoms with Gasteiger partial charge in [0.15, 0.2) is 0 Å². The molecule has 1 unspecified atom stereocenters. The summed E-state index contributed by atoms with van der Waals surface area (Å²) in [6.45, 7) is 11.6. The topological polar surface area (TPSA) is 21.3 Å². The minimum Gasteiger partial charge on any atom is -0.488 e. The Morgan fingerprint density at radius 1 is 1.33 bits per heavy atom. The van der Waals surface area contributed by atoms with Gasteiger partial charge in [-0.25, -0.2) is 0 Å². The van der Waals surface area contributed by atoms with Crippen molar-refractivity contribution >= 4 is 15.9 Å². The molecule has 0 aliphatic carbocycles. The zero-order chi connectivity index (χ0) is 13.8. The number of rotatable bonds is 5. The van der Waals surface area contributed by atoms with E-state index < -0.39 is 0 Å². The Balaban J connectivity index is 2.95. The van der Waals surface area contributed by atoms with E-state index in [1.54, 1.807) is 0 Å². The summed E-state index contributed by atoms with van der Waals surface area (Å²) in [5, 5.41) is 3.50. The Kier molecular flexibility index (Phi) is 5.67. The Bertz CT molecular complexity index is 385. The van der Waals surface area contributed by atoms with Crippen LogP contribution in [0.1, 0.15) is 52.6 Å². The summed E-state index contributed by atoms with van der Waals surface area (Å²) in [7, 11) is 0. The number of benzene rings is 1. The van der Waals surface area contributed by atoms with E-state index in [9.17, 15) is 0 Å². The van der Waals surface area contributed by atoms with E-state index in [2.05, 4.69) is 68.0 Å². The molecule has 0 saturated heterocycles. The average Bonchev–Trinajstić information content (AvgIpc) is 2.23. The third-order valence-electron chi connectivity index (χ3n) is 2.56. The van der Waals surface area contributed by atoms with Crippen LogP contribution < -0.4 is 10.1 Å². The molecule has 0 aliphatic rings. The first-order chi connectivity index (χ1) is 8.33. The van der Waals surface area contributed by atoms with Gasteiger partial charge in [0.1, 0.15) is 11.4 Å². The summed E-state index contributed by atoms with van der Waals surface area (Å²) in [5.74, 6) is 0.952. The van der Waals surface area contributed by atoms with Gasteiger partial charge in [-0.2, -0.15) is 0 Å². The van der Waals surface area contributed by atoms with Gasteiger partial charge in [0.2, 0.25) is 0 Å². The first-order valence-corrected chi connectivity index (χ1v) is 7.34. The second kappa shape index (κ2) is 6.58. The predicted molar refractivity (Wildman–Crippen MR) is 81.2 cm³/mol. The molecule has 1 N–H and O–H groups in total. The highest BCUT2D eigenvalue weighted by molar-refractivity contribution is 9.10. The smallest absolute Gasteiger partial charge is 0.125 e. The minimum atomic E-state index is -0.181. The number of halogens is 1. The van der Waals surface area contributed by atoms with Gasteiger partial charge in [-0.3, -0.25) is 0 Å². The molecule has 1 rings (SSSR count). The second-order valence-corrected chi connectivity index (χ2v) is 6.49. The number of hydrogen-bond donors (Lipinski definition) is 1. The van der Waals surface area contributed by atoms with Gasteiger partial charge in [-0.1, -0.05) is 28.9 Å². The lowest BCUT2D eigenvalue weighted by Gasteiger charge is -2.25. The van der Waals surface area contributed by atoms with Crippen LogP contribution >= 0.6 is 15.9 Å².